The maximum atomic E-state index is 12.7. The molecule has 0 fully saturated rings. The molecule has 1 N–H and O–H groups in total. The molecule has 0 aliphatic carbocycles. The van der Waals surface area contributed by atoms with Crippen LogP contribution in [0.15, 0.2) is 85.5 Å². The van der Waals surface area contributed by atoms with Gasteiger partial charge in [0.05, 0.1) is 12.2 Å². The molecule has 0 aromatic heterocycles. The lowest BCUT2D eigenvalue weighted by molar-refractivity contribution is 0.0696. The SMILES string of the molecule is C=Cc1ccc(OCCCC)cc1.O=C(O)c1ccc(/C=C/C(=O)c2ccc(F)cc2)cc1. The molecule has 170 valence electrons. The van der Waals surface area contributed by atoms with E-state index in [4.69, 9.17) is 9.84 Å². The number of aromatic carboxylic acids is 1. The minimum Gasteiger partial charge on any atom is -0.494 e. The third-order valence-electron chi connectivity index (χ3n) is 4.60. The van der Waals surface area contributed by atoms with E-state index < -0.39 is 11.8 Å². The van der Waals surface area contributed by atoms with E-state index in [1.165, 1.54) is 48.9 Å². The molecule has 0 radical (unpaired) electrons. The Morgan fingerprint density at radius 1 is 0.909 bits per heavy atom. The van der Waals surface area contributed by atoms with Crippen LogP contribution in [0.3, 0.4) is 0 Å². The number of carboxylic acids is 1. The maximum absolute atomic E-state index is 12.7. The van der Waals surface area contributed by atoms with Crippen LogP contribution in [0.2, 0.25) is 0 Å². The molecular weight excluding hydrogens is 419 g/mol. The summed E-state index contributed by atoms with van der Waals surface area (Å²) in [7, 11) is 0. The lowest BCUT2D eigenvalue weighted by Gasteiger charge is -2.04. The van der Waals surface area contributed by atoms with Crippen molar-refractivity contribution in [3.63, 3.8) is 0 Å². The molecule has 0 unspecified atom stereocenters. The summed E-state index contributed by atoms with van der Waals surface area (Å²) in [4.78, 5) is 22.5. The second-order valence-corrected chi connectivity index (χ2v) is 7.11. The van der Waals surface area contributed by atoms with E-state index in [9.17, 15) is 14.0 Å². The van der Waals surface area contributed by atoms with Crippen molar-refractivity contribution >= 4 is 23.9 Å². The van der Waals surface area contributed by atoms with Gasteiger partial charge in [-0.25, -0.2) is 9.18 Å². The molecule has 0 aliphatic heterocycles. The number of ketones is 1. The van der Waals surface area contributed by atoms with Crippen molar-refractivity contribution in [2.24, 2.45) is 0 Å². The number of carbonyl (C=O) groups is 2. The molecule has 0 heterocycles. The summed E-state index contributed by atoms with van der Waals surface area (Å²) < 4.78 is 18.2. The van der Waals surface area contributed by atoms with E-state index in [2.05, 4.69) is 13.5 Å². The molecule has 0 bridgehead atoms. The predicted molar refractivity (Wildman–Crippen MR) is 130 cm³/mol. The van der Waals surface area contributed by atoms with Crippen LogP contribution in [-0.2, 0) is 0 Å². The van der Waals surface area contributed by atoms with E-state index in [0.29, 0.717) is 11.1 Å². The minimum absolute atomic E-state index is 0.187. The molecule has 0 atom stereocenters. The van der Waals surface area contributed by atoms with Crippen molar-refractivity contribution in [1.29, 1.82) is 0 Å². The number of allylic oxidation sites excluding steroid dienone is 1. The van der Waals surface area contributed by atoms with Gasteiger partial charge in [0.2, 0.25) is 0 Å². The lowest BCUT2D eigenvalue weighted by Crippen LogP contribution is -1.95. The van der Waals surface area contributed by atoms with Gasteiger partial charge in [0.25, 0.3) is 0 Å². The standard InChI is InChI=1S/C16H11FO3.C12H16O/c17-14-8-6-12(7-9-14)15(18)10-3-11-1-4-13(5-2-11)16(19)20;1-3-5-10-13-12-8-6-11(4-2)7-9-12/h1-10H,(H,19,20);4,6-9H,2-3,5,10H2,1H3/b10-3+;. The van der Waals surface area contributed by atoms with Crippen molar-refractivity contribution in [3.8, 4) is 5.75 Å². The van der Waals surface area contributed by atoms with E-state index in [-0.39, 0.29) is 11.3 Å². The fourth-order valence-electron chi connectivity index (χ4n) is 2.65. The highest BCUT2D eigenvalue weighted by Gasteiger charge is 2.03. The van der Waals surface area contributed by atoms with E-state index in [0.717, 1.165) is 24.3 Å². The monoisotopic (exact) mass is 446 g/mol. The first-order valence-electron chi connectivity index (χ1n) is 10.6. The Labute approximate surface area is 193 Å². The second-order valence-electron chi connectivity index (χ2n) is 7.11. The number of carboxylic acid groups (broad SMARTS) is 1. The molecule has 3 aromatic carbocycles. The van der Waals surface area contributed by atoms with Crippen LogP contribution in [0.1, 0.15) is 51.6 Å². The number of hydrogen-bond acceptors (Lipinski definition) is 3. The van der Waals surface area contributed by atoms with Gasteiger partial charge >= 0.3 is 5.97 Å². The average molecular weight is 447 g/mol. The number of ether oxygens (including phenoxy) is 1. The summed E-state index contributed by atoms with van der Waals surface area (Å²) in [6.45, 7) is 6.66. The minimum atomic E-state index is -0.997. The zero-order chi connectivity index (χ0) is 24.1. The Kier molecular flexibility index (Phi) is 10.3. The first kappa shape index (κ1) is 25.3. The van der Waals surface area contributed by atoms with Crippen molar-refractivity contribution in [2.75, 3.05) is 6.61 Å². The summed E-state index contributed by atoms with van der Waals surface area (Å²) in [6, 6.07) is 19.4. The molecule has 3 rings (SSSR count). The molecule has 0 amide bonds. The third-order valence-corrected chi connectivity index (χ3v) is 4.60. The number of rotatable bonds is 9. The molecular formula is C28H27FO4. The summed E-state index contributed by atoms with van der Waals surface area (Å²) in [5, 5.41) is 8.76. The first-order chi connectivity index (χ1) is 15.9. The van der Waals surface area contributed by atoms with Gasteiger partial charge in [0, 0.05) is 5.56 Å². The zero-order valence-electron chi connectivity index (χ0n) is 18.5. The molecule has 4 nitrogen and oxygen atoms in total. The van der Waals surface area contributed by atoms with Gasteiger partial charge in [0.1, 0.15) is 11.6 Å². The Morgan fingerprint density at radius 3 is 2.03 bits per heavy atom. The number of carbonyl (C=O) groups excluding carboxylic acids is 1. The molecule has 0 aliphatic rings. The van der Waals surface area contributed by atoms with Gasteiger partial charge < -0.3 is 9.84 Å². The van der Waals surface area contributed by atoms with Gasteiger partial charge in [-0.15, -0.1) is 0 Å². The van der Waals surface area contributed by atoms with Crippen LogP contribution in [0.25, 0.3) is 12.2 Å². The summed E-state index contributed by atoms with van der Waals surface area (Å²) in [6.07, 6.45) is 7.06. The van der Waals surface area contributed by atoms with Crippen LogP contribution in [-0.4, -0.2) is 23.5 Å². The van der Waals surface area contributed by atoms with Gasteiger partial charge in [-0.1, -0.05) is 56.3 Å². The topological polar surface area (TPSA) is 63.6 Å². The van der Waals surface area contributed by atoms with Gasteiger partial charge in [0.15, 0.2) is 5.78 Å². The highest BCUT2D eigenvalue weighted by Crippen LogP contribution is 2.13. The van der Waals surface area contributed by atoms with Crippen LogP contribution in [0, 0.1) is 5.82 Å². The van der Waals surface area contributed by atoms with Crippen LogP contribution in [0.5, 0.6) is 5.75 Å². The molecule has 3 aromatic rings. The Morgan fingerprint density at radius 2 is 1.48 bits per heavy atom. The van der Waals surface area contributed by atoms with E-state index in [1.54, 1.807) is 18.2 Å². The van der Waals surface area contributed by atoms with E-state index >= 15 is 0 Å². The average Bonchev–Trinajstić information content (AvgIpc) is 2.84. The zero-order valence-corrected chi connectivity index (χ0v) is 18.5. The smallest absolute Gasteiger partial charge is 0.335 e. The van der Waals surface area contributed by atoms with Crippen LogP contribution in [0.4, 0.5) is 4.39 Å². The van der Waals surface area contributed by atoms with Crippen molar-refractivity contribution < 1.29 is 23.8 Å². The lowest BCUT2D eigenvalue weighted by atomic mass is 10.1. The maximum Gasteiger partial charge on any atom is 0.335 e. The normalized spacial score (nSPS) is 10.2. The van der Waals surface area contributed by atoms with Gasteiger partial charge in [-0.05, 0) is 72.2 Å². The fourth-order valence-corrected chi connectivity index (χ4v) is 2.65. The summed E-state index contributed by atoms with van der Waals surface area (Å²) >= 11 is 0. The fraction of sp³-hybridized carbons (Fsp3) is 0.143. The van der Waals surface area contributed by atoms with Crippen LogP contribution < -0.4 is 4.74 Å². The number of halogens is 1. The van der Waals surface area contributed by atoms with Gasteiger partial charge in [-0.3, -0.25) is 4.79 Å². The predicted octanol–water partition coefficient (Wildman–Crippen LogP) is 6.93. The Balaban J connectivity index is 0.000000257. The van der Waals surface area contributed by atoms with Crippen molar-refractivity contribution in [3.05, 3.63) is 114 Å². The third kappa shape index (κ3) is 8.95. The van der Waals surface area contributed by atoms with Crippen molar-refractivity contribution in [1.82, 2.24) is 0 Å². The number of benzene rings is 3. The Hall–Kier alpha value is -3.99. The van der Waals surface area contributed by atoms with Gasteiger partial charge in [-0.2, -0.15) is 0 Å². The number of unbranched alkanes of at least 4 members (excludes halogenated alkanes) is 1. The second kappa shape index (κ2) is 13.4. The number of hydrogen-bond donors (Lipinski definition) is 1. The molecule has 5 heteroatoms. The quantitative estimate of drug-likeness (QED) is 0.220. The molecule has 0 saturated carbocycles. The van der Waals surface area contributed by atoms with E-state index in [1.807, 2.05) is 30.3 Å². The molecule has 0 spiro atoms. The highest BCUT2D eigenvalue weighted by molar-refractivity contribution is 6.06. The van der Waals surface area contributed by atoms with Crippen molar-refractivity contribution in [2.45, 2.75) is 19.8 Å². The highest BCUT2D eigenvalue weighted by atomic mass is 19.1. The van der Waals surface area contributed by atoms with Crippen LogP contribution >= 0.6 is 0 Å². The summed E-state index contributed by atoms with van der Waals surface area (Å²) in [5.74, 6) is -0.691. The Bertz CT molecular complexity index is 1070. The summed E-state index contributed by atoms with van der Waals surface area (Å²) in [5.41, 5.74) is 2.42. The first-order valence-corrected chi connectivity index (χ1v) is 10.6. The largest absolute Gasteiger partial charge is 0.494 e. The molecule has 0 saturated heterocycles. The molecule has 33 heavy (non-hydrogen) atoms.